The second-order valence-corrected chi connectivity index (χ2v) is 2.56. The zero-order valence-corrected chi connectivity index (χ0v) is 6.97. The standard InChI is InChI=1S/C8H16N2O/c1-2-3-4-8(5-6-9)10-7-11/h6-9H,2-5H2,1H3,(H,10,11). The predicted octanol–water partition coefficient (Wildman–Crippen LogP) is 1.33. The van der Waals surface area contributed by atoms with E-state index >= 15 is 0 Å². The van der Waals surface area contributed by atoms with E-state index in [2.05, 4.69) is 12.2 Å². The van der Waals surface area contributed by atoms with E-state index in [0.29, 0.717) is 12.8 Å². The van der Waals surface area contributed by atoms with Crippen LogP contribution in [0.5, 0.6) is 0 Å². The minimum Gasteiger partial charge on any atom is -0.356 e. The van der Waals surface area contributed by atoms with Gasteiger partial charge in [0.1, 0.15) is 0 Å². The van der Waals surface area contributed by atoms with E-state index in [1.165, 1.54) is 6.21 Å². The summed E-state index contributed by atoms with van der Waals surface area (Å²) in [5.41, 5.74) is 0. The van der Waals surface area contributed by atoms with E-state index in [1.807, 2.05) is 0 Å². The van der Waals surface area contributed by atoms with Crippen LogP contribution in [0.3, 0.4) is 0 Å². The van der Waals surface area contributed by atoms with E-state index in [4.69, 9.17) is 5.41 Å². The molecule has 0 bridgehead atoms. The number of hydrogen-bond donors (Lipinski definition) is 2. The van der Waals surface area contributed by atoms with Gasteiger partial charge in [-0.05, 0) is 12.6 Å². The first-order valence-corrected chi connectivity index (χ1v) is 4.03. The van der Waals surface area contributed by atoms with Gasteiger partial charge in [0.15, 0.2) is 0 Å². The highest BCUT2D eigenvalue weighted by molar-refractivity contribution is 5.55. The number of rotatable bonds is 7. The molecule has 0 aliphatic rings. The quantitative estimate of drug-likeness (QED) is 0.424. The smallest absolute Gasteiger partial charge is 0.207 e. The van der Waals surface area contributed by atoms with E-state index < -0.39 is 0 Å². The molecular formula is C8H16N2O. The summed E-state index contributed by atoms with van der Waals surface area (Å²) in [5.74, 6) is 0. The van der Waals surface area contributed by atoms with Crippen LogP contribution in [0.15, 0.2) is 0 Å². The van der Waals surface area contributed by atoms with Crippen LogP contribution in [0.1, 0.15) is 32.6 Å². The van der Waals surface area contributed by atoms with Crippen LogP contribution in [-0.4, -0.2) is 18.7 Å². The highest BCUT2D eigenvalue weighted by Crippen LogP contribution is 2.01. The Morgan fingerprint density at radius 2 is 2.36 bits per heavy atom. The van der Waals surface area contributed by atoms with Crippen LogP contribution in [0.4, 0.5) is 0 Å². The molecule has 2 N–H and O–H groups in total. The Labute approximate surface area is 67.7 Å². The summed E-state index contributed by atoms with van der Waals surface area (Å²) in [6, 6.07) is 0.171. The molecule has 0 aliphatic heterocycles. The number of hydrogen-bond acceptors (Lipinski definition) is 2. The molecule has 1 amide bonds. The summed E-state index contributed by atoms with van der Waals surface area (Å²) >= 11 is 0. The van der Waals surface area contributed by atoms with Crippen molar-refractivity contribution in [2.45, 2.75) is 38.6 Å². The molecule has 0 radical (unpaired) electrons. The van der Waals surface area contributed by atoms with Gasteiger partial charge in [-0.1, -0.05) is 19.8 Å². The monoisotopic (exact) mass is 156 g/mol. The van der Waals surface area contributed by atoms with Gasteiger partial charge < -0.3 is 10.7 Å². The second-order valence-electron chi connectivity index (χ2n) is 2.56. The Balaban J connectivity index is 3.49. The van der Waals surface area contributed by atoms with Crippen molar-refractivity contribution in [2.24, 2.45) is 0 Å². The van der Waals surface area contributed by atoms with Crippen LogP contribution in [0.2, 0.25) is 0 Å². The summed E-state index contributed by atoms with van der Waals surface area (Å²) in [4.78, 5) is 10.1. The summed E-state index contributed by atoms with van der Waals surface area (Å²) in [7, 11) is 0. The molecule has 11 heavy (non-hydrogen) atoms. The van der Waals surface area contributed by atoms with Gasteiger partial charge in [-0.15, -0.1) is 0 Å². The average Bonchev–Trinajstić information content (AvgIpc) is 2.01. The van der Waals surface area contributed by atoms with Crippen molar-refractivity contribution in [1.29, 1.82) is 5.41 Å². The number of nitrogens with one attached hydrogen (secondary N) is 2. The summed E-state index contributed by atoms with van der Waals surface area (Å²) < 4.78 is 0. The maximum atomic E-state index is 10.1. The Morgan fingerprint density at radius 3 is 2.82 bits per heavy atom. The molecule has 0 heterocycles. The Hall–Kier alpha value is -0.860. The molecule has 64 valence electrons. The number of carbonyl (C=O) groups is 1. The molecule has 0 spiro atoms. The van der Waals surface area contributed by atoms with Gasteiger partial charge in [0.05, 0.1) is 0 Å². The van der Waals surface area contributed by atoms with Crippen LogP contribution in [0, 0.1) is 5.41 Å². The molecule has 3 heteroatoms. The molecule has 0 aliphatic carbocycles. The van der Waals surface area contributed by atoms with Crippen molar-refractivity contribution in [2.75, 3.05) is 0 Å². The van der Waals surface area contributed by atoms with Gasteiger partial charge in [-0.2, -0.15) is 0 Å². The minimum atomic E-state index is 0.171. The van der Waals surface area contributed by atoms with Crippen LogP contribution < -0.4 is 5.32 Å². The fraction of sp³-hybridized carbons (Fsp3) is 0.750. The maximum Gasteiger partial charge on any atom is 0.207 e. The van der Waals surface area contributed by atoms with Crippen LogP contribution >= 0.6 is 0 Å². The van der Waals surface area contributed by atoms with E-state index in [0.717, 1.165) is 19.3 Å². The van der Waals surface area contributed by atoms with Crippen molar-refractivity contribution in [3.05, 3.63) is 0 Å². The molecule has 0 rings (SSSR count). The van der Waals surface area contributed by atoms with Crippen LogP contribution in [0.25, 0.3) is 0 Å². The number of unbranched alkanes of at least 4 members (excludes halogenated alkanes) is 1. The molecule has 0 saturated heterocycles. The largest absolute Gasteiger partial charge is 0.356 e. The fourth-order valence-corrected chi connectivity index (χ4v) is 0.958. The molecular weight excluding hydrogens is 140 g/mol. The van der Waals surface area contributed by atoms with Crippen molar-refractivity contribution in [3.8, 4) is 0 Å². The third-order valence-corrected chi connectivity index (χ3v) is 1.61. The molecule has 0 fully saturated rings. The predicted molar refractivity (Wildman–Crippen MR) is 45.9 cm³/mol. The lowest BCUT2D eigenvalue weighted by atomic mass is 10.1. The van der Waals surface area contributed by atoms with Crippen LogP contribution in [-0.2, 0) is 4.79 Å². The highest BCUT2D eigenvalue weighted by Gasteiger charge is 2.03. The van der Waals surface area contributed by atoms with Gasteiger partial charge in [0.2, 0.25) is 6.41 Å². The Bertz CT molecular complexity index is 105. The fourth-order valence-electron chi connectivity index (χ4n) is 0.958. The van der Waals surface area contributed by atoms with E-state index in [-0.39, 0.29) is 6.04 Å². The Kier molecular flexibility index (Phi) is 6.68. The minimum absolute atomic E-state index is 0.171. The maximum absolute atomic E-state index is 10.1. The van der Waals surface area contributed by atoms with Gasteiger partial charge in [-0.3, -0.25) is 4.79 Å². The van der Waals surface area contributed by atoms with E-state index in [1.54, 1.807) is 0 Å². The van der Waals surface area contributed by atoms with Crippen molar-refractivity contribution in [3.63, 3.8) is 0 Å². The lowest BCUT2D eigenvalue weighted by Crippen LogP contribution is -2.27. The topological polar surface area (TPSA) is 53.0 Å². The van der Waals surface area contributed by atoms with E-state index in [9.17, 15) is 4.79 Å². The van der Waals surface area contributed by atoms with Gasteiger partial charge >= 0.3 is 0 Å². The van der Waals surface area contributed by atoms with Gasteiger partial charge in [0, 0.05) is 12.5 Å². The molecule has 0 aromatic rings. The number of carbonyl (C=O) groups excluding carboxylic acids is 1. The van der Waals surface area contributed by atoms with Crippen molar-refractivity contribution >= 4 is 12.6 Å². The first-order valence-electron chi connectivity index (χ1n) is 4.03. The summed E-state index contributed by atoms with van der Waals surface area (Å²) in [6.07, 6.45) is 5.93. The Morgan fingerprint density at radius 1 is 1.64 bits per heavy atom. The lowest BCUT2D eigenvalue weighted by molar-refractivity contribution is -0.110. The molecule has 0 saturated carbocycles. The van der Waals surface area contributed by atoms with Crippen molar-refractivity contribution in [1.82, 2.24) is 5.32 Å². The first kappa shape index (κ1) is 10.1. The molecule has 0 aromatic carbocycles. The summed E-state index contributed by atoms with van der Waals surface area (Å²) in [6.45, 7) is 2.11. The molecule has 3 nitrogen and oxygen atoms in total. The first-order chi connectivity index (χ1) is 5.35. The lowest BCUT2D eigenvalue weighted by Gasteiger charge is -2.11. The molecule has 1 unspecified atom stereocenters. The SMILES string of the molecule is CCCCC(CC=N)NC=O. The summed E-state index contributed by atoms with van der Waals surface area (Å²) in [5, 5.41) is 9.55. The normalized spacial score (nSPS) is 12.1. The zero-order valence-electron chi connectivity index (χ0n) is 6.97. The van der Waals surface area contributed by atoms with Gasteiger partial charge in [-0.25, -0.2) is 0 Å². The third kappa shape index (κ3) is 5.58. The molecule has 0 aromatic heterocycles. The van der Waals surface area contributed by atoms with Crippen molar-refractivity contribution < 1.29 is 4.79 Å². The highest BCUT2D eigenvalue weighted by atomic mass is 16.1. The zero-order chi connectivity index (χ0) is 8.53. The number of amides is 1. The van der Waals surface area contributed by atoms with Gasteiger partial charge in [0.25, 0.3) is 0 Å². The second kappa shape index (κ2) is 7.25. The average molecular weight is 156 g/mol. The molecule has 1 atom stereocenters. The third-order valence-electron chi connectivity index (χ3n) is 1.61.